The highest BCUT2D eigenvalue weighted by Crippen LogP contribution is 2.42. The maximum Gasteiger partial charge on any atom is 0.231 e. The number of benzene rings is 1. The maximum absolute atomic E-state index is 6.25. The monoisotopic (exact) mass is 310 g/mol. The Bertz CT molecular complexity index is 637. The van der Waals surface area contributed by atoms with Crippen molar-refractivity contribution in [3.8, 4) is 11.5 Å². The van der Waals surface area contributed by atoms with Crippen molar-refractivity contribution >= 4 is 22.9 Å². The second-order valence-corrected chi connectivity index (χ2v) is 6.29. The second-order valence-electron chi connectivity index (χ2n) is 4.65. The molecule has 1 aromatic heterocycles. The summed E-state index contributed by atoms with van der Waals surface area (Å²) in [6, 6.07) is 3.86. The molecular weight excluding hydrogens is 296 g/mol. The van der Waals surface area contributed by atoms with Crippen molar-refractivity contribution in [2.45, 2.75) is 19.9 Å². The van der Waals surface area contributed by atoms with Crippen LogP contribution in [0.15, 0.2) is 12.1 Å². The van der Waals surface area contributed by atoms with Gasteiger partial charge in [-0.1, -0.05) is 11.6 Å². The zero-order chi connectivity index (χ0) is 14.3. The molecule has 20 heavy (non-hydrogen) atoms. The van der Waals surface area contributed by atoms with Crippen LogP contribution in [0.3, 0.4) is 0 Å². The van der Waals surface area contributed by atoms with Gasteiger partial charge in [-0.25, -0.2) is 4.98 Å². The van der Waals surface area contributed by atoms with Crippen molar-refractivity contribution in [2.24, 2.45) is 0 Å². The lowest BCUT2D eigenvalue weighted by molar-refractivity contribution is 0.174. The van der Waals surface area contributed by atoms with Crippen LogP contribution in [0, 0.1) is 13.8 Å². The Morgan fingerprint density at radius 3 is 2.80 bits per heavy atom. The van der Waals surface area contributed by atoms with E-state index >= 15 is 0 Å². The number of ether oxygens (including phenoxy) is 2. The van der Waals surface area contributed by atoms with Crippen LogP contribution in [0.4, 0.5) is 0 Å². The van der Waals surface area contributed by atoms with Crippen molar-refractivity contribution in [2.75, 3.05) is 13.8 Å². The molecule has 0 bridgehead atoms. The predicted molar refractivity (Wildman–Crippen MR) is 80.1 cm³/mol. The molecule has 0 aliphatic carbocycles. The number of hydrogen-bond acceptors (Lipinski definition) is 5. The van der Waals surface area contributed by atoms with Gasteiger partial charge in [-0.15, -0.1) is 11.3 Å². The maximum atomic E-state index is 6.25. The van der Waals surface area contributed by atoms with Gasteiger partial charge in [0, 0.05) is 4.88 Å². The number of nitrogens with zero attached hydrogens (tertiary/aromatic N) is 1. The van der Waals surface area contributed by atoms with Gasteiger partial charge in [0.05, 0.1) is 16.8 Å². The molecule has 4 nitrogen and oxygen atoms in total. The Balaban J connectivity index is 2.03. The van der Waals surface area contributed by atoms with Crippen LogP contribution in [0.2, 0.25) is 5.02 Å². The summed E-state index contributed by atoms with van der Waals surface area (Å²) >= 11 is 7.94. The smallest absolute Gasteiger partial charge is 0.231 e. The number of rotatable bonds is 3. The van der Waals surface area contributed by atoms with Crippen LogP contribution < -0.4 is 14.8 Å². The highest BCUT2D eigenvalue weighted by molar-refractivity contribution is 7.11. The SMILES string of the molecule is CNC(c1cc(Cl)c2c(c1)OCO2)c1nc(C)c(C)s1. The molecule has 6 heteroatoms. The summed E-state index contributed by atoms with van der Waals surface area (Å²) < 4.78 is 10.8. The van der Waals surface area contributed by atoms with Gasteiger partial charge in [-0.3, -0.25) is 0 Å². The standard InChI is InChI=1S/C14H15ClN2O2S/c1-7-8(2)20-14(17-7)12(16-3)9-4-10(15)13-11(5-9)18-6-19-13/h4-5,12,16H,6H2,1-3H3. The lowest BCUT2D eigenvalue weighted by atomic mass is 10.1. The van der Waals surface area contributed by atoms with Crippen molar-refractivity contribution in [1.29, 1.82) is 0 Å². The van der Waals surface area contributed by atoms with E-state index in [0.717, 1.165) is 16.3 Å². The van der Waals surface area contributed by atoms with Crippen LogP contribution >= 0.6 is 22.9 Å². The van der Waals surface area contributed by atoms with Crippen LogP contribution in [-0.2, 0) is 0 Å². The fourth-order valence-electron chi connectivity index (χ4n) is 2.21. The summed E-state index contributed by atoms with van der Waals surface area (Å²) in [5.41, 5.74) is 2.09. The molecule has 0 saturated heterocycles. The number of thiazole rings is 1. The van der Waals surface area contributed by atoms with E-state index in [0.29, 0.717) is 16.5 Å². The average Bonchev–Trinajstić information content (AvgIpc) is 2.99. The number of aryl methyl sites for hydroxylation is 2. The van der Waals surface area contributed by atoms with Gasteiger partial charge in [0.25, 0.3) is 0 Å². The largest absolute Gasteiger partial charge is 0.454 e. The summed E-state index contributed by atoms with van der Waals surface area (Å²) in [6.07, 6.45) is 0. The molecule has 0 spiro atoms. The van der Waals surface area contributed by atoms with Crippen molar-refractivity contribution in [3.63, 3.8) is 0 Å². The lowest BCUT2D eigenvalue weighted by Crippen LogP contribution is -2.17. The summed E-state index contributed by atoms with van der Waals surface area (Å²) in [7, 11) is 1.91. The van der Waals surface area contributed by atoms with E-state index in [1.165, 1.54) is 4.88 Å². The first-order valence-electron chi connectivity index (χ1n) is 6.30. The lowest BCUT2D eigenvalue weighted by Gasteiger charge is -2.15. The highest BCUT2D eigenvalue weighted by Gasteiger charge is 2.23. The van der Waals surface area contributed by atoms with Gasteiger partial charge >= 0.3 is 0 Å². The van der Waals surface area contributed by atoms with Gasteiger partial charge in [0.15, 0.2) is 11.5 Å². The topological polar surface area (TPSA) is 43.4 Å². The summed E-state index contributed by atoms with van der Waals surface area (Å²) in [5.74, 6) is 1.31. The van der Waals surface area contributed by atoms with E-state index in [4.69, 9.17) is 21.1 Å². The highest BCUT2D eigenvalue weighted by atomic mass is 35.5. The molecule has 3 rings (SSSR count). The van der Waals surface area contributed by atoms with E-state index in [1.807, 2.05) is 26.1 Å². The van der Waals surface area contributed by atoms with Gasteiger partial charge in [0.1, 0.15) is 5.01 Å². The van der Waals surface area contributed by atoms with Gasteiger partial charge in [-0.05, 0) is 38.6 Å². The minimum atomic E-state index is -0.000556. The third-order valence-electron chi connectivity index (χ3n) is 3.36. The average molecular weight is 311 g/mol. The minimum absolute atomic E-state index is 0.000556. The summed E-state index contributed by atoms with van der Waals surface area (Å²) in [5, 5.41) is 4.88. The molecule has 1 unspecified atom stereocenters. The first-order valence-corrected chi connectivity index (χ1v) is 7.50. The molecule has 2 heterocycles. The van der Waals surface area contributed by atoms with Crippen LogP contribution in [-0.4, -0.2) is 18.8 Å². The number of nitrogens with one attached hydrogen (secondary N) is 1. The van der Waals surface area contributed by atoms with Gasteiger partial charge in [0.2, 0.25) is 6.79 Å². The first-order chi connectivity index (χ1) is 9.60. The molecule has 0 saturated carbocycles. The van der Waals surface area contributed by atoms with E-state index in [1.54, 1.807) is 11.3 Å². The molecule has 1 aliphatic heterocycles. The van der Waals surface area contributed by atoms with Crippen molar-refractivity contribution in [3.05, 3.63) is 38.3 Å². The quantitative estimate of drug-likeness (QED) is 0.943. The molecule has 1 N–H and O–H groups in total. The molecule has 1 aromatic carbocycles. The Labute approximate surface area is 126 Å². The van der Waals surface area contributed by atoms with E-state index in [-0.39, 0.29) is 12.8 Å². The molecule has 106 valence electrons. The van der Waals surface area contributed by atoms with Crippen LogP contribution in [0.1, 0.15) is 27.2 Å². The summed E-state index contributed by atoms with van der Waals surface area (Å²) in [6.45, 7) is 4.32. The van der Waals surface area contributed by atoms with Crippen molar-refractivity contribution < 1.29 is 9.47 Å². The Morgan fingerprint density at radius 2 is 2.15 bits per heavy atom. The molecular formula is C14H15ClN2O2S. The molecule has 0 radical (unpaired) electrons. The fraction of sp³-hybridized carbons (Fsp3) is 0.357. The van der Waals surface area contributed by atoms with E-state index < -0.39 is 0 Å². The van der Waals surface area contributed by atoms with Crippen LogP contribution in [0.25, 0.3) is 0 Å². The fourth-order valence-corrected chi connectivity index (χ4v) is 3.54. The minimum Gasteiger partial charge on any atom is -0.454 e. The Kier molecular flexibility index (Phi) is 3.58. The molecule has 0 amide bonds. The third-order valence-corrected chi connectivity index (χ3v) is 4.78. The number of hydrogen-bond donors (Lipinski definition) is 1. The molecule has 2 aromatic rings. The number of halogens is 1. The first kappa shape index (κ1) is 13.7. The van der Waals surface area contributed by atoms with Crippen LogP contribution in [0.5, 0.6) is 11.5 Å². The normalized spacial score (nSPS) is 14.6. The number of aromatic nitrogens is 1. The third kappa shape index (κ3) is 2.26. The second kappa shape index (κ2) is 5.24. The molecule has 0 fully saturated rings. The predicted octanol–water partition coefficient (Wildman–Crippen LogP) is 3.45. The van der Waals surface area contributed by atoms with E-state index in [9.17, 15) is 0 Å². The summed E-state index contributed by atoms with van der Waals surface area (Å²) in [4.78, 5) is 5.85. The van der Waals surface area contributed by atoms with Gasteiger partial charge < -0.3 is 14.8 Å². The Morgan fingerprint density at radius 1 is 1.35 bits per heavy atom. The molecule has 1 aliphatic rings. The van der Waals surface area contributed by atoms with E-state index in [2.05, 4.69) is 17.2 Å². The zero-order valence-corrected chi connectivity index (χ0v) is 13.1. The number of fused-ring (bicyclic) bond motifs is 1. The van der Waals surface area contributed by atoms with Gasteiger partial charge in [-0.2, -0.15) is 0 Å². The Hall–Kier alpha value is -1.30. The zero-order valence-electron chi connectivity index (χ0n) is 11.5. The molecule has 1 atom stereocenters. The van der Waals surface area contributed by atoms with Crippen molar-refractivity contribution in [1.82, 2.24) is 10.3 Å².